The Hall–Kier alpha value is -2.40. The number of fused-ring (bicyclic) bond motifs is 1. The molecule has 0 radical (unpaired) electrons. The summed E-state index contributed by atoms with van der Waals surface area (Å²) in [6.45, 7) is 0.814. The standard InChI is InChI=1S/C20H18ClN3O5S2/c21-14-1-2-16-13(11-14)12-28-20(25)24(16)15-6-9-23(10-7-15)31(26,27)19-4-3-18(30-19)17-5-8-22-29-17/h1-5,8,11,15H,6-7,9-10,12H2. The van der Waals surface area contributed by atoms with Gasteiger partial charge in [0.05, 0.1) is 16.8 Å². The van der Waals surface area contributed by atoms with Crippen molar-refractivity contribution in [3.8, 4) is 10.6 Å². The third kappa shape index (κ3) is 3.73. The van der Waals surface area contributed by atoms with Gasteiger partial charge >= 0.3 is 6.09 Å². The molecule has 2 aliphatic heterocycles. The Morgan fingerprint density at radius 3 is 2.68 bits per heavy atom. The number of carbonyl (C=O) groups is 1. The van der Waals surface area contributed by atoms with Gasteiger partial charge in [0.1, 0.15) is 10.8 Å². The van der Waals surface area contributed by atoms with Crippen LogP contribution in [0.1, 0.15) is 18.4 Å². The maximum Gasteiger partial charge on any atom is 0.414 e. The van der Waals surface area contributed by atoms with Crippen molar-refractivity contribution in [2.45, 2.75) is 29.7 Å². The number of nitrogens with zero attached hydrogens (tertiary/aromatic N) is 3. The Bertz CT molecular complexity index is 1220. The molecule has 0 atom stereocenters. The third-order valence-corrected chi connectivity index (χ3v) is 9.19. The molecule has 8 nitrogen and oxygen atoms in total. The number of cyclic esters (lactones) is 1. The second kappa shape index (κ2) is 7.94. The van der Waals surface area contributed by atoms with Crippen molar-refractivity contribution < 1.29 is 22.5 Å². The molecule has 2 aliphatic rings. The minimum Gasteiger partial charge on any atom is -0.444 e. The molecule has 1 fully saturated rings. The van der Waals surface area contributed by atoms with Gasteiger partial charge in [-0.15, -0.1) is 11.3 Å². The second-order valence-electron chi connectivity index (χ2n) is 7.33. The number of ether oxygens (including phenoxy) is 1. The lowest BCUT2D eigenvalue weighted by atomic mass is 10.0. The van der Waals surface area contributed by atoms with Crippen LogP contribution in [-0.4, -0.2) is 43.1 Å². The summed E-state index contributed by atoms with van der Waals surface area (Å²) in [6.07, 6.45) is 2.13. The summed E-state index contributed by atoms with van der Waals surface area (Å²) in [7, 11) is -3.63. The van der Waals surface area contributed by atoms with Crippen molar-refractivity contribution in [3.63, 3.8) is 0 Å². The summed E-state index contributed by atoms with van der Waals surface area (Å²) in [4.78, 5) is 14.8. The van der Waals surface area contributed by atoms with E-state index in [0.717, 1.165) is 22.6 Å². The maximum absolute atomic E-state index is 13.1. The predicted octanol–water partition coefficient (Wildman–Crippen LogP) is 4.37. The molecular formula is C20H18ClN3O5S2. The van der Waals surface area contributed by atoms with Gasteiger partial charge in [-0.05, 0) is 43.2 Å². The van der Waals surface area contributed by atoms with Gasteiger partial charge in [-0.1, -0.05) is 16.8 Å². The van der Waals surface area contributed by atoms with Crippen molar-refractivity contribution in [2.24, 2.45) is 0 Å². The molecule has 3 aromatic rings. The summed E-state index contributed by atoms with van der Waals surface area (Å²) < 4.78 is 38.4. The van der Waals surface area contributed by atoms with E-state index in [-0.39, 0.29) is 16.9 Å². The van der Waals surface area contributed by atoms with Crippen molar-refractivity contribution in [3.05, 3.63) is 53.2 Å². The van der Waals surface area contributed by atoms with Crippen LogP contribution in [0.2, 0.25) is 5.02 Å². The lowest BCUT2D eigenvalue weighted by Gasteiger charge is -2.39. The molecule has 2 aromatic heterocycles. The van der Waals surface area contributed by atoms with Crippen LogP contribution in [-0.2, 0) is 21.4 Å². The molecular weight excluding hydrogens is 462 g/mol. The van der Waals surface area contributed by atoms with Crippen LogP contribution in [0.5, 0.6) is 0 Å². The highest BCUT2D eigenvalue weighted by atomic mass is 35.5. The molecule has 0 N–H and O–H groups in total. The fourth-order valence-corrected chi connectivity index (χ4v) is 7.04. The summed E-state index contributed by atoms with van der Waals surface area (Å²) in [5.74, 6) is 0.535. The van der Waals surface area contributed by atoms with E-state index in [9.17, 15) is 13.2 Å². The third-order valence-electron chi connectivity index (χ3n) is 5.49. The van der Waals surface area contributed by atoms with Gasteiger partial charge in [-0.25, -0.2) is 13.2 Å². The largest absolute Gasteiger partial charge is 0.444 e. The molecule has 0 saturated carbocycles. The highest BCUT2D eigenvalue weighted by molar-refractivity contribution is 7.91. The van der Waals surface area contributed by atoms with Gasteiger partial charge in [0, 0.05) is 35.8 Å². The molecule has 1 saturated heterocycles. The monoisotopic (exact) mass is 479 g/mol. The van der Waals surface area contributed by atoms with Crippen LogP contribution in [0.25, 0.3) is 10.6 Å². The van der Waals surface area contributed by atoms with Crippen LogP contribution >= 0.6 is 22.9 Å². The van der Waals surface area contributed by atoms with Gasteiger partial charge in [-0.2, -0.15) is 4.31 Å². The number of benzene rings is 1. The Balaban J connectivity index is 1.32. The summed E-state index contributed by atoms with van der Waals surface area (Å²) >= 11 is 7.22. The lowest BCUT2D eigenvalue weighted by Crippen LogP contribution is -2.50. The van der Waals surface area contributed by atoms with E-state index in [0.29, 0.717) is 41.6 Å². The van der Waals surface area contributed by atoms with Crippen molar-refractivity contribution in [1.29, 1.82) is 0 Å². The summed E-state index contributed by atoms with van der Waals surface area (Å²) in [5.41, 5.74) is 1.62. The van der Waals surface area contributed by atoms with E-state index in [4.69, 9.17) is 20.9 Å². The highest BCUT2D eigenvalue weighted by Gasteiger charge is 2.37. The summed E-state index contributed by atoms with van der Waals surface area (Å²) in [5, 5.41) is 4.24. The molecule has 0 unspecified atom stereocenters. The lowest BCUT2D eigenvalue weighted by molar-refractivity contribution is 0.136. The molecule has 1 amide bonds. The number of hydrogen-bond donors (Lipinski definition) is 0. The topological polar surface area (TPSA) is 93.0 Å². The smallest absolute Gasteiger partial charge is 0.414 e. The minimum absolute atomic E-state index is 0.146. The quantitative estimate of drug-likeness (QED) is 0.551. The van der Waals surface area contributed by atoms with E-state index in [2.05, 4.69) is 5.16 Å². The van der Waals surface area contributed by atoms with E-state index in [1.54, 1.807) is 35.2 Å². The molecule has 0 bridgehead atoms. The number of amides is 1. The number of anilines is 1. The average Bonchev–Trinajstić information content (AvgIpc) is 3.46. The van der Waals surface area contributed by atoms with E-state index < -0.39 is 16.1 Å². The molecule has 11 heteroatoms. The molecule has 4 heterocycles. The average molecular weight is 480 g/mol. The maximum atomic E-state index is 13.1. The molecule has 0 spiro atoms. The van der Waals surface area contributed by atoms with Crippen LogP contribution < -0.4 is 4.90 Å². The number of sulfonamides is 1. The number of halogens is 1. The molecule has 5 rings (SSSR count). The normalized spacial score (nSPS) is 18.1. The minimum atomic E-state index is -3.63. The number of thiophene rings is 1. The van der Waals surface area contributed by atoms with Gasteiger partial charge in [0.25, 0.3) is 10.0 Å². The number of hydrogen-bond acceptors (Lipinski definition) is 7. The SMILES string of the molecule is O=C1OCc2cc(Cl)ccc2N1C1CCN(S(=O)(=O)c2ccc(-c3ccno3)s2)CC1. The molecule has 162 valence electrons. The fourth-order valence-electron chi connectivity index (χ4n) is 3.96. The van der Waals surface area contributed by atoms with Crippen LogP contribution in [0, 0.1) is 0 Å². The van der Waals surface area contributed by atoms with E-state index in [1.165, 1.54) is 10.5 Å². The van der Waals surface area contributed by atoms with Gasteiger partial charge in [0.2, 0.25) is 0 Å². The Morgan fingerprint density at radius 1 is 1.13 bits per heavy atom. The van der Waals surface area contributed by atoms with Crippen LogP contribution in [0.4, 0.5) is 10.5 Å². The highest BCUT2D eigenvalue weighted by Crippen LogP contribution is 2.36. The Labute approximate surface area is 188 Å². The Morgan fingerprint density at radius 2 is 1.94 bits per heavy atom. The number of carbonyl (C=O) groups excluding carboxylic acids is 1. The summed E-state index contributed by atoms with van der Waals surface area (Å²) in [6, 6.07) is 10.2. The second-order valence-corrected chi connectivity index (χ2v) is 11.0. The first-order chi connectivity index (χ1) is 14.9. The Kier molecular flexibility index (Phi) is 5.25. The zero-order chi connectivity index (χ0) is 21.6. The van der Waals surface area contributed by atoms with Gasteiger partial charge in [-0.3, -0.25) is 4.90 Å². The zero-order valence-electron chi connectivity index (χ0n) is 16.2. The number of aromatic nitrogens is 1. The van der Waals surface area contributed by atoms with E-state index >= 15 is 0 Å². The fraction of sp³-hybridized carbons (Fsp3) is 0.300. The van der Waals surface area contributed by atoms with E-state index in [1.807, 2.05) is 6.07 Å². The van der Waals surface area contributed by atoms with Crippen molar-refractivity contribution in [2.75, 3.05) is 18.0 Å². The first-order valence-corrected chi connectivity index (χ1v) is 12.3. The van der Waals surface area contributed by atoms with Gasteiger partial charge in [0.15, 0.2) is 5.76 Å². The first kappa shape index (κ1) is 20.5. The van der Waals surface area contributed by atoms with Crippen LogP contribution in [0.3, 0.4) is 0 Å². The number of rotatable bonds is 4. The van der Waals surface area contributed by atoms with Crippen LogP contribution in [0.15, 0.2) is 51.3 Å². The first-order valence-electron chi connectivity index (χ1n) is 9.69. The molecule has 31 heavy (non-hydrogen) atoms. The molecule has 1 aromatic carbocycles. The van der Waals surface area contributed by atoms with Crippen molar-refractivity contribution in [1.82, 2.24) is 9.46 Å². The van der Waals surface area contributed by atoms with Crippen molar-refractivity contribution >= 4 is 44.7 Å². The van der Waals surface area contributed by atoms with Gasteiger partial charge < -0.3 is 9.26 Å². The molecule has 0 aliphatic carbocycles. The number of piperidine rings is 1. The predicted molar refractivity (Wildman–Crippen MR) is 116 cm³/mol. The zero-order valence-corrected chi connectivity index (χ0v) is 18.6.